The van der Waals surface area contributed by atoms with Crippen LogP contribution in [0.5, 0.6) is 5.75 Å². The number of carbonyl (C=O) groups is 3. The van der Waals surface area contributed by atoms with Gasteiger partial charge in [-0.15, -0.1) is 0 Å². The summed E-state index contributed by atoms with van der Waals surface area (Å²) in [4.78, 5) is 35.7. The molecule has 2 rings (SSSR count). The predicted octanol–water partition coefficient (Wildman–Crippen LogP) is 3.40. The van der Waals surface area contributed by atoms with E-state index in [0.29, 0.717) is 23.4 Å². The first kappa shape index (κ1) is 20.2. The second-order valence-electron chi connectivity index (χ2n) is 6.07. The number of methoxy groups -OCH3 is 1. The van der Waals surface area contributed by atoms with E-state index in [1.807, 2.05) is 24.3 Å². The number of hydrogen-bond acceptors (Lipinski definition) is 5. The summed E-state index contributed by atoms with van der Waals surface area (Å²) in [6.07, 6.45) is -0.355. The highest BCUT2D eigenvalue weighted by Crippen LogP contribution is 2.19. The summed E-state index contributed by atoms with van der Waals surface area (Å²) in [5.41, 5.74) is 1.87. The molecule has 6 heteroatoms. The van der Waals surface area contributed by atoms with Crippen LogP contribution in [-0.4, -0.2) is 30.9 Å². The minimum atomic E-state index is -0.948. The summed E-state index contributed by atoms with van der Waals surface area (Å²) in [6, 6.07) is 14.0. The number of hydrogen-bond donors (Lipinski definition) is 1. The summed E-state index contributed by atoms with van der Waals surface area (Å²) in [7, 11) is 1.57. The van der Waals surface area contributed by atoms with Gasteiger partial charge in [0.05, 0.1) is 7.11 Å². The molecule has 1 atom stereocenters. The largest absolute Gasteiger partial charge is 0.496 e. The molecule has 2 aromatic carbocycles. The van der Waals surface area contributed by atoms with Gasteiger partial charge in [0.1, 0.15) is 5.75 Å². The van der Waals surface area contributed by atoms with Gasteiger partial charge in [0.2, 0.25) is 0 Å². The number of carbonyl (C=O) groups excluding carboxylic acids is 3. The smallest absolute Gasteiger partial charge is 0.306 e. The van der Waals surface area contributed by atoms with E-state index in [-0.39, 0.29) is 12.2 Å². The van der Waals surface area contributed by atoms with Crippen LogP contribution in [0.1, 0.15) is 36.2 Å². The molecule has 0 heterocycles. The minimum absolute atomic E-state index is 0.0954. The molecule has 1 amide bonds. The zero-order chi connectivity index (χ0) is 19.8. The quantitative estimate of drug-likeness (QED) is 0.570. The fourth-order valence-corrected chi connectivity index (χ4v) is 2.52. The van der Waals surface area contributed by atoms with Gasteiger partial charge in [-0.3, -0.25) is 14.4 Å². The van der Waals surface area contributed by atoms with Crippen LogP contribution in [0.3, 0.4) is 0 Å². The maximum absolute atomic E-state index is 12.2. The summed E-state index contributed by atoms with van der Waals surface area (Å²) in [5.74, 6) is -0.314. The Kier molecular flexibility index (Phi) is 7.11. The van der Waals surface area contributed by atoms with E-state index in [2.05, 4.69) is 5.32 Å². The first-order valence-corrected chi connectivity index (χ1v) is 8.64. The van der Waals surface area contributed by atoms with Gasteiger partial charge in [-0.2, -0.15) is 0 Å². The Labute approximate surface area is 158 Å². The van der Waals surface area contributed by atoms with Crippen molar-refractivity contribution < 1.29 is 23.9 Å². The Bertz CT molecular complexity index is 831. The van der Waals surface area contributed by atoms with Crippen LogP contribution in [0, 0.1) is 0 Å². The monoisotopic (exact) mass is 369 g/mol. The highest BCUT2D eigenvalue weighted by atomic mass is 16.5. The molecule has 0 aliphatic heterocycles. The van der Waals surface area contributed by atoms with Gasteiger partial charge in [0, 0.05) is 17.7 Å². The van der Waals surface area contributed by atoms with Crippen molar-refractivity contribution in [3.63, 3.8) is 0 Å². The highest BCUT2D eigenvalue weighted by Gasteiger charge is 2.18. The van der Waals surface area contributed by atoms with E-state index in [1.54, 1.807) is 31.4 Å². The SMILES string of the molecule is COc1ccccc1CCC(=O)O[C@H](C)C(=O)Nc1cccc(C(C)=O)c1. The molecule has 0 saturated heterocycles. The van der Waals surface area contributed by atoms with Crippen molar-refractivity contribution in [2.75, 3.05) is 12.4 Å². The second kappa shape index (κ2) is 9.52. The lowest BCUT2D eigenvalue weighted by Gasteiger charge is -2.14. The number of aryl methyl sites for hydroxylation is 1. The molecule has 2 aromatic rings. The summed E-state index contributed by atoms with van der Waals surface area (Å²) in [5, 5.41) is 2.65. The van der Waals surface area contributed by atoms with Gasteiger partial charge in [-0.05, 0) is 44.0 Å². The third-order valence-electron chi connectivity index (χ3n) is 4.01. The number of amides is 1. The Hall–Kier alpha value is -3.15. The molecule has 6 nitrogen and oxygen atoms in total. The Morgan fingerprint density at radius 1 is 1.07 bits per heavy atom. The third-order valence-corrected chi connectivity index (χ3v) is 4.01. The van der Waals surface area contributed by atoms with Crippen LogP contribution in [0.25, 0.3) is 0 Å². The maximum atomic E-state index is 12.2. The van der Waals surface area contributed by atoms with Crippen molar-refractivity contribution in [2.45, 2.75) is 32.8 Å². The molecule has 0 saturated carbocycles. The lowest BCUT2D eigenvalue weighted by Crippen LogP contribution is -2.30. The number of ketones is 1. The van der Waals surface area contributed by atoms with Gasteiger partial charge < -0.3 is 14.8 Å². The molecule has 0 unspecified atom stereocenters. The topological polar surface area (TPSA) is 81.7 Å². The van der Waals surface area contributed by atoms with Gasteiger partial charge in [0.25, 0.3) is 5.91 Å². The molecule has 142 valence electrons. The van der Waals surface area contributed by atoms with E-state index in [0.717, 1.165) is 5.56 Å². The average molecular weight is 369 g/mol. The fourth-order valence-electron chi connectivity index (χ4n) is 2.52. The Morgan fingerprint density at radius 2 is 1.81 bits per heavy atom. The predicted molar refractivity (Wildman–Crippen MR) is 102 cm³/mol. The number of rotatable bonds is 8. The minimum Gasteiger partial charge on any atom is -0.496 e. The lowest BCUT2D eigenvalue weighted by atomic mass is 10.1. The highest BCUT2D eigenvalue weighted by molar-refractivity contribution is 5.98. The summed E-state index contributed by atoms with van der Waals surface area (Å²) >= 11 is 0. The van der Waals surface area contributed by atoms with E-state index >= 15 is 0 Å². The molecule has 0 radical (unpaired) electrons. The first-order valence-electron chi connectivity index (χ1n) is 8.64. The van der Waals surface area contributed by atoms with Crippen molar-refractivity contribution in [1.82, 2.24) is 0 Å². The van der Waals surface area contributed by atoms with Crippen LogP contribution in [0.2, 0.25) is 0 Å². The van der Waals surface area contributed by atoms with E-state index in [9.17, 15) is 14.4 Å². The van der Waals surface area contributed by atoms with Gasteiger partial charge in [-0.1, -0.05) is 30.3 Å². The van der Waals surface area contributed by atoms with Crippen molar-refractivity contribution >= 4 is 23.3 Å². The van der Waals surface area contributed by atoms with Gasteiger partial charge in [0.15, 0.2) is 11.9 Å². The third kappa shape index (κ3) is 5.95. The number of ether oxygens (including phenoxy) is 2. The summed E-state index contributed by atoms with van der Waals surface area (Å²) in [6.45, 7) is 2.96. The maximum Gasteiger partial charge on any atom is 0.306 e. The molecule has 0 fully saturated rings. The normalized spacial score (nSPS) is 11.4. The van der Waals surface area contributed by atoms with Crippen LogP contribution < -0.4 is 10.1 Å². The zero-order valence-corrected chi connectivity index (χ0v) is 15.7. The number of nitrogens with one attached hydrogen (secondary N) is 1. The zero-order valence-electron chi connectivity index (χ0n) is 15.7. The van der Waals surface area contributed by atoms with E-state index in [4.69, 9.17) is 9.47 Å². The number of benzene rings is 2. The summed E-state index contributed by atoms with van der Waals surface area (Å²) < 4.78 is 10.4. The van der Waals surface area contributed by atoms with Crippen LogP contribution in [0.15, 0.2) is 48.5 Å². The molecular formula is C21H23NO5. The molecule has 0 spiro atoms. The van der Waals surface area contributed by atoms with Crippen molar-refractivity contribution in [3.8, 4) is 5.75 Å². The lowest BCUT2D eigenvalue weighted by molar-refractivity contribution is -0.153. The first-order chi connectivity index (χ1) is 12.9. The number of esters is 1. The molecule has 1 N–H and O–H groups in total. The van der Waals surface area contributed by atoms with Crippen LogP contribution in [-0.2, 0) is 20.7 Å². The van der Waals surface area contributed by atoms with Crippen LogP contribution in [0.4, 0.5) is 5.69 Å². The average Bonchev–Trinajstić information content (AvgIpc) is 2.66. The molecule has 0 bridgehead atoms. The van der Waals surface area contributed by atoms with Crippen molar-refractivity contribution in [3.05, 3.63) is 59.7 Å². The van der Waals surface area contributed by atoms with E-state index < -0.39 is 18.0 Å². The molecule has 27 heavy (non-hydrogen) atoms. The number of para-hydroxylation sites is 1. The van der Waals surface area contributed by atoms with Gasteiger partial charge in [-0.25, -0.2) is 0 Å². The standard InChI is InChI=1S/C21H23NO5/c1-14(23)17-8-6-9-18(13-17)22-21(25)15(2)27-20(24)12-11-16-7-4-5-10-19(16)26-3/h4-10,13,15H,11-12H2,1-3H3,(H,22,25)/t15-/m1/s1. The molecule has 0 aliphatic rings. The molecular weight excluding hydrogens is 346 g/mol. The second-order valence-corrected chi connectivity index (χ2v) is 6.07. The Morgan fingerprint density at radius 3 is 2.52 bits per heavy atom. The van der Waals surface area contributed by atoms with Crippen LogP contribution >= 0.6 is 0 Å². The molecule has 0 aliphatic carbocycles. The van der Waals surface area contributed by atoms with Gasteiger partial charge >= 0.3 is 5.97 Å². The van der Waals surface area contributed by atoms with Crippen molar-refractivity contribution in [1.29, 1.82) is 0 Å². The van der Waals surface area contributed by atoms with E-state index in [1.165, 1.54) is 13.8 Å². The molecule has 0 aromatic heterocycles. The Balaban J connectivity index is 1.87. The fraction of sp³-hybridized carbons (Fsp3) is 0.286. The number of Topliss-reactive ketones (excluding diaryl/α,β-unsaturated/α-hetero) is 1. The van der Waals surface area contributed by atoms with Crippen molar-refractivity contribution in [2.24, 2.45) is 0 Å². The number of anilines is 1.